The lowest BCUT2D eigenvalue weighted by atomic mass is 10.0. The van der Waals surface area contributed by atoms with Crippen LogP contribution in [0.15, 0.2) is 53.4 Å². The molecule has 7 atom stereocenters. The summed E-state index contributed by atoms with van der Waals surface area (Å²) in [5.74, 6) is -2.52. The number of hydrogen-bond acceptors (Lipinski definition) is 10. The standard InChI is InChI=1S/C31H37FN4O10S/c32-20-2-1-3-23(10-20)47(43,44)36-16-22-15-34(8-9-45-22)30(40)24-11-21(14-35(24)13-18-4-6-19(7-5-18)31(41)42)33-27(37)12-25-28(38)29(39)26(17-36)46-25/h1-7,10,21-22,24-26,28-29,38-39H,8-9,11-17H2,(H,33,37)(H,41,42)/t21-,22-,24-,25-,26+,28-,29+/m0/s1. The number of likely N-dealkylation sites (tertiary alicyclic amines) is 1. The number of carbonyl (C=O) groups excluding carboxylic acids is 2. The summed E-state index contributed by atoms with van der Waals surface area (Å²) >= 11 is 0. The van der Waals surface area contributed by atoms with Crippen LogP contribution >= 0.6 is 0 Å². The van der Waals surface area contributed by atoms with Crippen molar-refractivity contribution in [3.63, 3.8) is 0 Å². The van der Waals surface area contributed by atoms with Crippen LogP contribution in [0.2, 0.25) is 0 Å². The average Bonchev–Trinajstić information content (AvgIpc) is 3.55. The van der Waals surface area contributed by atoms with E-state index in [-0.39, 0.29) is 55.4 Å². The number of aliphatic hydroxyl groups excluding tert-OH is 2. The van der Waals surface area contributed by atoms with Gasteiger partial charge < -0.3 is 35.0 Å². The summed E-state index contributed by atoms with van der Waals surface area (Å²) < 4.78 is 54.5. The maximum atomic E-state index is 14.1. The number of ether oxygens (including phenoxy) is 2. The number of nitrogens with one attached hydrogen (secondary N) is 1. The normalized spacial score (nSPS) is 31.1. The van der Waals surface area contributed by atoms with Gasteiger partial charge in [0.1, 0.15) is 24.1 Å². The van der Waals surface area contributed by atoms with E-state index in [9.17, 15) is 42.5 Å². The molecule has 254 valence electrons. The molecule has 4 saturated heterocycles. The van der Waals surface area contributed by atoms with Crippen LogP contribution in [0.5, 0.6) is 0 Å². The molecule has 0 spiro atoms. The van der Waals surface area contributed by atoms with Gasteiger partial charge in [-0.15, -0.1) is 0 Å². The van der Waals surface area contributed by atoms with E-state index in [0.29, 0.717) is 13.1 Å². The molecule has 2 aromatic carbocycles. The number of sulfonamides is 1. The van der Waals surface area contributed by atoms with Crippen molar-refractivity contribution in [1.29, 1.82) is 0 Å². The maximum Gasteiger partial charge on any atom is 0.335 e. The number of hydrogen-bond donors (Lipinski definition) is 4. The third-order valence-electron chi connectivity index (χ3n) is 9.16. The second-order valence-electron chi connectivity index (χ2n) is 12.4. The summed E-state index contributed by atoms with van der Waals surface area (Å²) in [5, 5.41) is 33.8. The minimum absolute atomic E-state index is 0.0437. The summed E-state index contributed by atoms with van der Waals surface area (Å²) in [6.07, 6.45) is -6.17. The van der Waals surface area contributed by atoms with Crippen LogP contribution in [0, 0.1) is 5.82 Å². The van der Waals surface area contributed by atoms with E-state index in [1.807, 2.05) is 4.90 Å². The van der Waals surface area contributed by atoms with Crippen molar-refractivity contribution in [2.45, 2.75) is 66.9 Å². The Morgan fingerprint density at radius 1 is 1.00 bits per heavy atom. The Kier molecular flexibility index (Phi) is 9.62. The Morgan fingerprint density at radius 2 is 1.74 bits per heavy atom. The van der Waals surface area contributed by atoms with Gasteiger partial charge >= 0.3 is 5.97 Å². The molecule has 16 heteroatoms. The van der Waals surface area contributed by atoms with Gasteiger partial charge in [0.05, 0.1) is 41.7 Å². The number of rotatable bonds is 5. The first-order chi connectivity index (χ1) is 22.4. The van der Waals surface area contributed by atoms with E-state index >= 15 is 0 Å². The number of amides is 2. The fraction of sp³-hybridized carbons (Fsp3) is 0.516. The minimum atomic E-state index is -4.38. The van der Waals surface area contributed by atoms with Crippen LogP contribution in [-0.4, -0.2) is 138 Å². The van der Waals surface area contributed by atoms with Gasteiger partial charge in [0.15, 0.2) is 0 Å². The highest BCUT2D eigenvalue weighted by molar-refractivity contribution is 7.89. The molecule has 0 saturated carbocycles. The van der Waals surface area contributed by atoms with Crippen LogP contribution in [0.1, 0.15) is 28.8 Å². The van der Waals surface area contributed by atoms with E-state index in [2.05, 4.69) is 5.32 Å². The Balaban J connectivity index is 1.30. The van der Waals surface area contributed by atoms with Crippen molar-refractivity contribution < 1.29 is 52.0 Å². The topological polar surface area (TPSA) is 186 Å². The number of carbonyl (C=O) groups is 3. The fourth-order valence-electron chi connectivity index (χ4n) is 6.76. The lowest BCUT2D eigenvalue weighted by molar-refractivity contribution is -0.144. The van der Waals surface area contributed by atoms with Crippen LogP contribution in [0.3, 0.4) is 0 Å². The largest absolute Gasteiger partial charge is 0.478 e. The molecule has 47 heavy (non-hydrogen) atoms. The molecule has 14 nitrogen and oxygen atoms in total. The molecule has 0 aliphatic carbocycles. The number of fused-ring (bicyclic) bond motifs is 6. The van der Waals surface area contributed by atoms with Crippen LogP contribution in [0.4, 0.5) is 4.39 Å². The number of benzene rings is 2. The van der Waals surface area contributed by atoms with Crippen molar-refractivity contribution in [2.24, 2.45) is 0 Å². The highest BCUT2D eigenvalue weighted by Crippen LogP contribution is 2.29. The van der Waals surface area contributed by atoms with E-state index in [1.54, 1.807) is 17.0 Å². The van der Waals surface area contributed by atoms with Gasteiger partial charge in [-0.05, 0) is 42.3 Å². The molecule has 0 aromatic heterocycles. The van der Waals surface area contributed by atoms with Gasteiger partial charge in [-0.25, -0.2) is 17.6 Å². The Morgan fingerprint density at radius 3 is 2.47 bits per heavy atom. The summed E-state index contributed by atoms with van der Waals surface area (Å²) in [7, 11) is -4.38. The number of halogens is 1. The second kappa shape index (κ2) is 13.5. The summed E-state index contributed by atoms with van der Waals surface area (Å²) in [5.41, 5.74) is 0.896. The number of morpholine rings is 1. The number of carboxylic acid groups (broad SMARTS) is 1. The fourth-order valence-corrected chi connectivity index (χ4v) is 8.27. The van der Waals surface area contributed by atoms with Crippen molar-refractivity contribution >= 4 is 27.8 Å². The van der Waals surface area contributed by atoms with E-state index in [1.165, 1.54) is 24.3 Å². The molecular weight excluding hydrogens is 639 g/mol. The number of carboxylic acids is 1. The number of nitrogens with zero attached hydrogens (tertiary/aromatic N) is 3. The summed E-state index contributed by atoms with van der Waals surface area (Å²) in [6.45, 7) is 0.341. The first-order valence-corrected chi connectivity index (χ1v) is 16.9. The molecule has 6 rings (SSSR count). The molecule has 4 heterocycles. The van der Waals surface area contributed by atoms with Gasteiger partial charge in [0.25, 0.3) is 0 Å². The molecular formula is C31H37FN4O10S. The van der Waals surface area contributed by atoms with Crippen molar-refractivity contribution in [2.75, 3.05) is 39.3 Å². The van der Waals surface area contributed by atoms with Crippen molar-refractivity contribution in [3.8, 4) is 0 Å². The Hall–Kier alpha value is -3.51. The lowest BCUT2D eigenvalue weighted by Crippen LogP contribution is -2.55. The molecule has 2 amide bonds. The molecule has 6 bridgehead atoms. The first kappa shape index (κ1) is 33.4. The first-order valence-electron chi connectivity index (χ1n) is 15.4. The van der Waals surface area contributed by atoms with Gasteiger partial charge in [-0.3, -0.25) is 14.5 Å². The van der Waals surface area contributed by atoms with Crippen LogP contribution in [0.25, 0.3) is 0 Å². The Bertz CT molecular complexity index is 1610. The highest BCUT2D eigenvalue weighted by Gasteiger charge is 2.47. The number of aliphatic hydroxyl groups is 2. The predicted octanol–water partition coefficient (Wildman–Crippen LogP) is -0.606. The SMILES string of the molecule is O=C1C[C@@H]2O[C@H](CN(S(=O)(=O)c3cccc(F)c3)C[C@@H]3CN(CCO3)C(=O)[C@@H]3C[C@@H](CN3Cc3ccc(C(=O)O)cc3)N1)[C@@H](O)[C@H]2O. The van der Waals surface area contributed by atoms with Crippen molar-refractivity contribution in [3.05, 3.63) is 65.5 Å². The number of aromatic carboxylic acids is 1. The van der Waals surface area contributed by atoms with Crippen LogP contribution in [-0.2, 0) is 35.6 Å². The van der Waals surface area contributed by atoms with Crippen molar-refractivity contribution in [1.82, 2.24) is 19.4 Å². The van der Waals surface area contributed by atoms with E-state index in [4.69, 9.17) is 9.47 Å². The molecule has 0 unspecified atom stereocenters. The van der Waals surface area contributed by atoms with Gasteiger partial charge in [0.2, 0.25) is 21.8 Å². The quantitative estimate of drug-likeness (QED) is 0.317. The maximum absolute atomic E-state index is 14.1. The third kappa shape index (κ3) is 7.18. The van der Waals surface area contributed by atoms with Gasteiger partial charge in [0, 0.05) is 45.3 Å². The van der Waals surface area contributed by atoms with Crippen LogP contribution < -0.4 is 5.32 Å². The summed E-state index contributed by atoms with van der Waals surface area (Å²) in [6, 6.07) is 9.71. The molecule has 4 aliphatic heterocycles. The molecule has 4 N–H and O–H groups in total. The zero-order valence-electron chi connectivity index (χ0n) is 25.4. The Labute approximate surface area is 270 Å². The molecule has 2 aromatic rings. The van der Waals surface area contributed by atoms with Gasteiger partial charge in [-0.2, -0.15) is 4.31 Å². The smallest absolute Gasteiger partial charge is 0.335 e. The minimum Gasteiger partial charge on any atom is -0.478 e. The molecule has 0 radical (unpaired) electrons. The summed E-state index contributed by atoms with van der Waals surface area (Å²) in [4.78, 5) is 41.7. The molecule has 4 fully saturated rings. The van der Waals surface area contributed by atoms with Gasteiger partial charge in [-0.1, -0.05) is 18.2 Å². The monoisotopic (exact) mass is 676 g/mol. The lowest BCUT2D eigenvalue weighted by Gasteiger charge is -2.38. The predicted molar refractivity (Wildman–Crippen MR) is 161 cm³/mol. The highest BCUT2D eigenvalue weighted by atomic mass is 32.2. The average molecular weight is 677 g/mol. The zero-order chi connectivity index (χ0) is 33.5. The second-order valence-corrected chi connectivity index (χ2v) is 14.3. The third-order valence-corrected chi connectivity index (χ3v) is 11.0. The zero-order valence-corrected chi connectivity index (χ0v) is 26.2. The van der Waals surface area contributed by atoms with E-state index in [0.717, 1.165) is 22.0 Å². The van der Waals surface area contributed by atoms with E-state index < -0.39 is 76.9 Å². The molecule has 4 aliphatic rings.